The minimum absolute atomic E-state index is 0.637. The fourth-order valence-electron chi connectivity index (χ4n) is 7.11. The number of allylic oxidation sites excluding steroid dienone is 5. The Balaban J connectivity index is 1.27. The molecule has 0 fully saturated rings. The normalized spacial score (nSPS) is 12.1. The third-order valence-electron chi connectivity index (χ3n) is 9.65. The van der Waals surface area contributed by atoms with Gasteiger partial charge in [-0.3, -0.25) is 0 Å². The number of fused-ring (bicyclic) bond motifs is 6. The minimum Gasteiger partial charge on any atom is -0.209 e. The molecule has 0 N–H and O–H groups in total. The molecule has 9 rings (SSSR count). The Morgan fingerprint density at radius 1 is 0.538 bits per heavy atom. The Kier molecular flexibility index (Phi) is 8.07. The van der Waals surface area contributed by atoms with Gasteiger partial charge in [-0.25, -0.2) is 15.0 Å². The van der Waals surface area contributed by atoms with Gasteiger partial charge in [-0.2, -0.15) is 0 Å². The van der Waals surface area contributed by atoms with Gasteiger partial charge in [0.25, 0.3) is 0 Å². The van der Waals surface area contributed by atoms with E-state index < -0.39 is 0 Å². The molecule has 9 aromatic rings. The van der Waals surface area contributed by atoms with Gasteiger partial charge in [0.05, 0.1) is 0 Å². The van der Waals surface area contributed by atoms with Crippen molar-refractivity contribution in [3.63, 3.8) is 0 Å². The molecule has 0 saturated carbocycles. The lowest BCUT2D eigenvalue weighted by Crippen LogP contribution is -2.02. The summed E-state index contributed by atoms with van der Waals surface area (Å²) in [5.74, 6) is 1.92. The Morgan fingerprint density at radius 3 is 2.02 bits per heavy atom. The van der Waals surface area contributed by atoms with Gasteiger partial charge in [0, 0.05) is 36.9 Å². The van der Waals surface area contributed by atoms with E-state index in [1.807, 2.05) is 66.8 Å². The van der Waals surface area contributed by atoms with Crippen LogP contribution in [0.3, 0.4) is 0 Å². The summed E-state index contributed by atoms with van der Waals surface area (Å²) in [4.78, 5) is 15.2. The van der Waals surface area contributed by atoms with E-state index in [1.54, 1.807) is 6.08 Å². The molecule has 0 aliphatic heterocycles. The molecular formula is C48H33N3S. The maximum absolute atomic E-state index is 5.15. The van der Waals surface area contributed by atoms with E-state index in [4.69, 9.17) is 15.0 Å². The van der Waals surface area contributed by atoms with Crippen molar-refractivity contribution in [1.29, 1.82) is 0 Å². The van der Waals surface area contributed by atoms with Crippen LogP contribution in [-0.4, -0.2) is 15.0 Å². The van der Waals surface area contributed by atoms with E-state index >= 15 is 0 Å². The van der Waals surface area contributed by atoms with Crippen LogP contribution in [0.15, 0.2) is 176 Å². The Morgan fingerprint density at radius 2 is 1.21 bits per heavy atom. The molecule has 0 aliphatic carbocycles. The smallest absolute Gasteiger partial charge is 0.164 e. The molecule has 3 nitrogen and oxygen atoms in total. The van der Waals surface area contributed by atoms with E-state index in [2.05, 4.69) is 122 Å². The molecule has 0 saturated heterocycles. The highest BCUT2D eigenvalue weighted by atomic mass is 32.1. The molecule has 2 heterocycles. The molecule has 0 unspecified atom stereocenters. The van der Waals surface area contributed by atoms with Gasteiger partial charge in [-0.15, -0.1) is 11.3 Å². The summed E-state index contributed by atoms with van der Waals surface area (Å²) in [5, 5.41) is 7.51. The number of hydrogen-bond acceptors (Lipinski definition) is 4. The molecule has 2 aromatic heterocycles. The lowest BCUT2D eigenvalue weighted by atomic mass is 9.91. The largest absolute Gasteiger partial charge is 0.209 e. The molecule has 0 spiro atoms. The zero-order chi connectivity index (χ0) is 35.0. The monoisotopic (exact) mass is 683 g/mol. The van der Waals surface area contributed by atoms with Crippen LogP contribution in [-0.2, 0) is 0 Å². The van der Waals surface area contributed by atoms with Crippen LogP contribution >= 0.6 is 11.3 Å². The van der Waals surface area contributed by atoms with Crippen LogP contribution in [0.4, 0.5) is 0 Å². The highest BCUT2D eigenvalue weighted by molar-refractivity contribution is 7.26. The average Bonchev–Trinajstić information content (AvgIpc) is 3.59. The number of rotatable bonds is 7. The summed E-state index contributed by atoms with van der Waals surface area (Å²) in [6, 6.07) is 51.9. The highest BCUT2D eigenvalue weighted by Gasteiger charge is 2.20. The van der Waals surface area contributed by atoms with Crippen molar-refractivity contribution in [2.75, 3.05) is 0 Å². The number of thiophene rings is 1. The molecule has 4 heteroatoms. The van der Waals surface area contributed by atoms with E-state index in [1.165, 1.54) is 52.8 Å². The number of nitrogens with zero attached hydrogens (tertiary/aromatic N) is 3. The predicted octanol–water partition coefficient (Wildman–Crippen LogP) is 13.4. The second-order valence-electron chi connectivity index (χ2n) is 12.9. The van der Waals surface area contributed by atoms with E-state index in [-0.39, 0.29) is 0 Å². The standard InChI is InChI=1S/C48H33N3S/c1-3-4-6-15-31(2)46-49-47(34-16-7-5-8-17-34)51-48(50-46)41-29-28-40-39-22-13-14-23-43(39)52-45(40)44(41)33-26-24-32(25-27-33)42-30-35-18-9-10-19-36(35)37-20-11-12-21-38(37)42/h3-30H,1H2,2H3/b6-4-,31-15+. The van der Waals surface area contributed by atoms with Gasteiger partial charge in [0.1, 0.15) is 0 Å². The molecule has 0 atom stereocenters. The van der Waals surface area contributed by atoms with Gasteiger partial charge in [-0.1, -0.05) is 158 Å². The predicted molar refractivity (Wildman–Crippen MR) is 222 cm³/mol. The first-order valence-electron chi connectivity index (χ1n) is 17.4. The van der Waals surface area contributed by atoms with Crippen molar-refractivity contribution in [3.8, 4) is 45.0 Å². The van der Waals surface area contributed by atoms with Crippen molar-refractivity contribution in [2.45, 2.75) is 6.92 Å². The molecular weight excluding hydrogens is 651 g/mol. The number of benzene rings is 7. The fraction of sp³-hybridized carbons (Fsp3) is 0.0208. The Bertz CT molecular complexity index is 2860. The summed E-state index contributed by atoms with van der Waals surface area (Å²) in [7, 11) is 0. The third kappa shape index (κ3) is 5.60. The lowest BCUT2D eigenvalue weighted by Gasteiger charge is -2.15. The van der Waals surface area contributed by atoms with Gasteiger partial charge in [0.2, 0.25) is 0 Å². The van der Waals surface area contributed by atoms with Gasteiger partial charge >= 0.3 is 0 Å². The Hall–Kier alpha value is -6.49. The van der Waals surface area contributed by atoms with Crippen molar-refractivity contribution in [3.05, 3.63) is 182 Å². The van der Waals surface area contributed by atoms with Crippen molar-refractivity contribution < 1.29 is 0 Å². The van der Waals surface area contributed by atoms with E-state index in [0.29, 0.717) is 17.5 Å². The summed E-state index contributed by atoms with van der Waals surface area (Å²) < 4.78 is 2.47. The van der Waals surface area contributed by atoms with Crippen LogP contribution in [0.1, 0.15) is 12.7 Å². The van der Waals surface area contributed by atoms with Crippen LogP contribution in [0.5, 0.6) is 0 Å². The highest BCUT2D eigenvalue weighted by Crippen LogP contribution is 2.45. The molecule has 0 bridgehead atoms. The third-order valence-corrected chi connectivity index (χ3v) is 10.9. The second kappa shape index (κ2) is 13.3. The topological polar surface area (TPSA) is 38.7 Å². The SMILES string of the molecule is C=C/C=C\C=C(/C)c1nc(-c2ccccc2)nc(-c2ccc3c(sc4ccccc43)c2-c2ccc(-c3cc4ccccc4c4ccccc34)cc2)n1. The maximum atomic E-state index is 5.15. The van der Waals surface area contributed by atoms with Crippen LogP contribution in [0, 0.1) is 0 Å². The molecule has 0 radical (unpaired) electrons. The van der Waals surface area contributed by atoms with Gasteiger partial charge in [0.15, 0.2) is 17.5 Å². The summed E-state index contributed by atoms with van der Waals surface area (Å²) in [6.45, 7) is 5.84. The van der Waals surface area contributed by atoms with E-state index in [0.717, 1.165) is 27.8 Å². The first kappa shape index (κ1) is 31.5. The number of aromatic nitrogens is 3. The summed E-state index contributed by atoms with van der Waals surface area (Å²) in [6.07, 6.45) is 7.64. The number of hydrogen-bond donors (Lipinski definition) is 0. The molecule has 0 aliphatic rings. The van der Waals surface area contributed by atoms with E-state index in [9.17, 15) is 0 Å². The molecule has 7 aromatic carbocycles. The summed E-state index contributed by atoms with van der Waals surface area (Å²) >= 11 is 1.82. The summed E-state index contributed by atoms with van der Waals surface area (Å²) in [5.41, 5.74) is 7.50. The molecule has 52 heavy (non-hydrogen) atoms. The first-order valence-corrected chi connectivity index (χ1v) is 18.2. The Labute approximate surface area is 306 Å². The first-order chi connectivity index (χ1) is 25.7. The molecule has 0 amide bonds. The lowest BCUT2D eigenvalue weighted by molar-refractivity contribution is 1.03. The quantitative estimate of drug-likeness (QED) is 0.124. The minimum atomic E-state index is 0.637. The van der Waals surface area contributed by atoms with Gasteiger partial charge < -0.3 is 0 Å². The maximum Gasteiger partial charge on any atom is 0.164 e. The fourth-order valence-corrected chi connectivity index (χ4v) is 8.39. The van der Waals surface area contributed by atoms with Crippen LogP contribution in [0.25, 0.3) is 92.3 Å². The van der Waals surface area contributed by atoms with Crippen molar-refractivity contribution in [1.82, 2.24) is 15.0 Å². The van der Waals surface area contributed by atoms with Crippen LogP contribution < -0.4 is 0 Å². The second-order valence-corrected chi connectivity index (χ2v) is 13.9. The zero-order valence-electron chi connectivity index (χ0n) is 28.6. The average molecular weight is 684 g/mol. The molecule has 246 valence electrons. The van der Waals surface area contributed by atoms with Crippen LogP contribution in [0.2, 0.25) is 0 Å². The van der Waals surface area contributed by atoms with Crippen molar-refractivity contribution in [2.24, 2.45) is 0 Å². The van der Waals surface area contributed by atoms with Gasteiger partial charge in [-0.05, 0) is 68.9 Å². The van der Waals surface area contributed by atoms with Crippen molar-refractivity contribution >= 4 is 58.6 Å². The zero-order valence-corrected chi connectivity index (χ0v) is 29.4.